The second-order valence-electron chi connectivity index (χ2n) is 3.61. The van der Waals surface area contributed by atoms with Gasteiger partial charge in [0.05, 0.1) is 6.29 Å². The number of carboxylic acids is 1. The molecule has 94 valence electrons. The number of carbonyl (C=O) groups is 1. The predicted molar refractivity (Wildman–Crippen MR) is 61.6 cm³/mol. The zero-order valence-corrected chi connectivity index (χ0v) is 9.88. The molecule has 0 amide bonds. The van der Waals surface area contributed by atoms with E-state index in [2.05, 4.69) is 5.32 Å². The van der Waals surface area contributed by atoms with Gasteiger partial charge in [-0.3, -0.25) is 14.7 Å². The monoisotopic (exact) mass is 259 g/mol. The molecule has 0 spiro atoms. The van der Waals surface area contributed by atoms with E-state index in [0.717, 1.165) is 5.56 Å². The van der Waals surface area contributed by atoms with Crippen LogP contribution in [0.3, 0.4) is 0 Å². The summed E-state index contributed by atoms with van der Waals surface area (Å²) in [5, 5.41) is 11.3. The molecule has 0 aliphatic carbocycles. The van der Waals surface area contributed by atoms with E-state index in [9.17, 15) is 9.36 Å². The van der Waals surface area contributed by atoms with Gasteiger partial charge in [-0.05, 0) is 12.0 Å². The first-order valence-corrected chi connectivity index (χ1v) is 6.73. The van der Waals surface area contributed by atoms with Crippen LogP contribution in [0.15, 0.2) is 30.3 Å². The van der Waals surface area contributed by atoms with Gasteiger partial charge in [0.25, 0.3) is 0 Å². The zero-order chi connectivity index (χ0) is 12.9. The molecule has 0 radical (unpaired) electrons. The molecule has 17 heavy (non-hydrogen) atoms. The van der Waals surface area contributed by atoms with Crippen LogP contribution >= 0.6 is 7.60 Å². The van der Waals surface area contributed by atoms with E-state index in [0.29, 0.717) is 0 Å². The molecule has 0 aromatic heterocycles. The van der Waals surface area contributed by atoms with Gasteiger partial charge in [-0.15, -0.1) is 0 Å². The average Bonchev–Trinajstić information content (AvgIpc) is 2.24. The van der Waals surface area contributed by atoms with Crippen molar-refractivity contribution in [1.82, 2.24) is 5.32 Å². The van der Waals surface area contributed by atoms with Gasteiger partial charge in [0.1, 0.15) is 6.04 Å². The summed E-state index contributed by atoms with van der Waals surface area (Å²) in [6.07, 6.45) is -0.465. The first-order valence-electron chi connectivity index (χ1n) is 4.93. The van der Waals surface area contributed by atoms with Crippen LogP contribution in [0.25, 0.3) is 0 Å². The summed E-state index contributed by atoms with van der Waals surface area (Å²) in [5.74, 6) is -1.14. The van der Waals surface area contributed by atoms with Gasteiger partial charge >= 0.3 is 13.6 Å². The summed E-state index contributed by atoms with van der Waals surface area (Å²) >= 11 is 0. The summed E-state index contributed by atoms with van der Waals surface area (Å²) < 4.78 is 10.6. The van der Waals surface area contributed by atoms with Crippen molar-refractivity contribution >= 4 is 13.6 Å². The van der Waals surface area contributed by atoms with Crippen LogP contribution in [0, 0.1) is 0 Å². The van der Waals surface area contributed by atoms with Crippen LogP contribution in [-0.4, -0.2) is 33.2 Å². The van der Waals surface area contributed by atoms with E-state index in [1.165, 1.54) is 0 Å². The van der Waals surface area contributed by atoms with Gasteiger partial charge < -0.3 is 14.9 Å². The van der Waals surface area contributed by atoms with Crippen LogP contribution in [-0.2, 0) is 15.8 Å². The molecule has 1 rings (SSSR count). The Bertz CT molecular complexity index is 416. The molecule has 0 unspecified atom stereocenters. The Morgan fingerprint density at radius 3 is 2.35 bits per heavy atom. The molecule has 1 atom stereocenters. The minimum absolute atomic E-state index is 0.177. The minimum atomic E-state index is -4.24. The highest BCUT2D eigenvalue weighted by molar-refractivity contribution is 7.51. The van der Waals surface area contributed by atoms with Crippen molar-refractivity contribution in [2.75, 3.05) is 6.29 Å². The van der Waals surface area contributed by atoms with Gasteiger partial charge in [0.15, 0.2) is 0 Å². The first kappa shape index (κ1) is 13.9. The van der Waals surface area contributed by atoms with E-state index >= 15 is 0 Å². The largest absolute Gasteiger partial charge is 0.480 e. The minimum Gasteiger partial charge on any atom is -0.480 e. The second-order valence-corrected chi connectivity index (χ2v) is 5.25. The third kappa shape index (κ3) is 5.60. The van der Waals surface area contributed by atoms with Crippen molar-refractivity contribution in [1.29, 1.82) is 0 Å². The average molecular weight is 259 g/mol. The molecule has 6 nitrogen and oxygen atoms in total. The Labute approximate surface area is 98.4 Å². The van der Waals surface area contributed by atoms with Gasteiger partial charge in [-0.25, -0.2) is 0 Å². The lowest BCUT2D eigenvalue weighted by atomic mass is 10.1. The third-order valence-corrected chi connectivity index (χ3v) is 2.72. The summed E-state index contributed by atoms with van der Waals surface area (Å²) in [7, 11) is -4.24. The third-order valence-electron chi connectivity index (χ3n) is 2.12. The highest BCUT2D eigenvalue weighted by Gasteiger charge is 2.21. The van der Waals surface area contributed by atoms with E-state index in [1.54, 1.807) is 24.3 Å². The van der Waals surface area contributed by atoms with Gasteiger partial charge in [0, 0.05) is 0 Å². The van der Waals surface area contributed by atoms with Crippen LogP contribution in [0.4, 0.5) is 0 Å². The first-order chi connectivity index (χ1) is 7.88. The van der Waals surface area contributed by atoms with E-state index in [-0.39, 0.29) is 6.42 Å². The molecule has 0 aliphatic heterocycles. The maximum atomic E-state index is 10.9. The molecule has 0 heterocycles. The SMILES string of the molecule is O=C(O)[C@H](Cc1ccccc1)NCP(=O)(O)O. The number of benzene rings is 1. The van der Waals surface area contributed by atoms with Crippen molar-refractivity contribution in [2.45, 2.75) is 12.5 Å². The number of nitrogens with one attached hydrogen (secondary N) is 1. The summed E-state index contributed by atoms with van der Waals surface area (Å²) in [6.45, 7) is 0. The smallest absolute Gasteiger partial charge is 0.339 e. The van der Waals surface area contributed by atoms with Crippen molar-refractivity contribution < 1.29 is 24.3 Å². The molecule has 0 saturated heterocycles. The lowest BCUT2D eigenvalue weighted by Gasteiger charge is -2.14. The molecule has 0 aliphatic rings. The molecule has 0 fully saturated rings. The quantitative estimate of drug-likeness (QED) is 0.551. The van der Waals surface area contributed by atoms with E-state index in [1.807, 2.05) is 6.07 Å². The van der Waals surface area contributed by atoms with E-state index < -0.39 is 25.9 Å². The fourth-order valence-corrected chi connectivity index (χ4v) is 1.78. The molecule has 7 heteroatoms. The predicted octanol–water partition coefficient (Wildman–Crippen LogP) is 0.407. The van der Waals surface area contributed by atoms with Crippen LogP contribution in [0.2, 0.25) is 0 Å². The summed E-state index contributed by atoms with van der Waals surface area (Å²) in [4.78, 5) is 28.2. The molecule has 0 bridgehead atoms. The highest BCUT2D eigenvalue weighted by atomic mass is 31.2. The standard InChI is InChI=1S/C10H14NO5P/c12-10(13)9(11-7-17(14,15)16)6-8-4-2-1-3-5-8/h1-5,9,11H,6-7H2,(H,12,13)(H2,14,15,16)/t9-/m0/s1. The molecule has 0 saturated carbocycles. The molecular weight excluding hydrogens is 245 g/mol. The molecular formula is C10H14NO5P. The van der Waals surface area contributed by atoms with Gasteiger partial charge in [-0.1, -0.05) is 30.3 Å². The van der Waals surface area contributed by atoms with Crippen molar-refractivity contribution in [2.24, 2.45) is 0 Å². The Morgan fingerprint density at radius 1 is 1.29 bits per heavy atom. The molecule has 4 N–H and O–H groups in total. The number of hydrogen-bond acceptors (Lipinski definition) is 3. The number of carboxylic acid groups (broad SMARTS) is 1. The summed E-state index contributed by atoms with van der Waals surface area (Å²) in [6, 6.07) is 7.87. The Balaban J connectivity index is 2.62. The lowest BCUT2D eigenvalue weighted by molar-refractivity contribution is -0.139. The second kappa shape index (κ2) is 5.93. The number of hydrogen-bond donors (Lipinski definition) is 4. The Kier molecular flexibility index (Phi) is 4.84. The van der Waals surface area contributed by atoms with Crippen molar-refractivity contribution in [3.8, 4) is 0 Å². The van der Waals surface area contributed by atoms with Gasteiger partial charge in [0.2, 0.25) is 0 Å². The zero-order valence-electron chi connectivity index (χ0n) is 8.98. The fourth-order valence-electron chi connectivity index (χ4n) is 1.33. The lowest BCUT2D eigenvalue weighted by Crippen LogP contribution is -2.38. The maximum absolute atomic E-state index is 10.9. The fraction of sp³-hybridized carbons (Fsp3) is 0.300. The Hall–Kier alpha value is -1.20. The summed E-state index contributed by atoms with van der Waals surface area (Å²) in [5.41, 5.74) is 0.790. The van der Waals surface area contributed by atoms with Crippen molar-refractivity contribution in [3.63, 3.8) is 0 Å². The Morgan fingerprint density at radius 2 is 1.88 bits per heavy atom. The molecule has 1 aromatic carbocycles. The molecule has 1 aromatic rings. The van der Waals surface area contributed by atoms with Crippen molar-refractivity contribution in [3.05, 3.63) is 35.9 Å². The maximum Gasteiger partial charge on any atom is 0.339 e. The van der Waals surface area contributed by atoms with Gasteiger partial charge in [-0.2, -0.15) is 0 Å². The normalized spacial score (nSPS) is 13.3. The van der Waals surface area contributed by atoms with E-state index in [4.69, 9.17) is 14.9 Å². The van der Waals surface area contributed by atoms with Crippen LogP contribution in [0.5, 0.6) is 0 Å². The number of aliphatic carboxylic acids is 1. The van der Waals surface area contributed by atoms with Crippen LogP contribution in [0.1, 0.15) is 5.56 Å². The topological polar surface area (TPSA) is 107 Å². The highest BCUT2D eigenvalue weighted by Crippen LogP contribution is 2.32. The van der Waals surface area contributed by atoms with Crippen LogP contribution < -0.4 is 5.32 Å². The number of rotatable bonds is 6.